The quantitative estimate of drug-likeness (QED) is 0.840. The maximum Gasteiger partial charge on any atom is 0.0420 e. The van der Waals surface area contributed by atoms with Gasteiger partial charge in [-0.15, -0.1) is 0 Å². The van der Waals surface area contributed by atoms with Crippen LogP contribution in [0.2, 0.25) is 0 Å². The zero-order valence-corrected chi connectivity index (χ0v) is 11.2. The largest absolute Gasteiger partial charge is 0.384 e. The molecule has 0 atom stereocenters. The Morgan fingerprint density at radius 3 is 2.56 bits per heavy atom. The predicted octanol–water partition coefficient (Wildman–Crippen LogP) is 3.63. The SMILES string of the molecule is CC(C)(CCN)CNc1cccc2ccccc12. The third-order valence-electron chi connectivity index (χ3n) is 3.37. The Labute approximate surface area is 109 Å². The second-order valence-electron chi connectivity index (χ2n) is 5.58. The Balaban J connectivity index is 2.17. The molecule has 0 bridgehead atoms. The molecule has 0 amide bonds. The summed E-state index contributed by atoms with van der Waals surface area (Å²) < 4.78 is 0. The van der Waals surface area contributed by atoms with E-state index in [0.29, 0.717) is 0 Å². The highest BCUT2D eigenvalue weighted by Crippen LogP contribution is 2.25. The van der Waals surface area contributed by atoms with Gasteiger partial charge in [0.25, 0.3) is 0 Å². The van der Waals surface area contributed by atoms with Crippen molar-refractivity contribution in [3.8, 4) is 0 Å². The fourth-order valence-corrected chi connectivity index (χ4v) is 2.19. The van der Waals surface area contributed by atoms with Crippen molar-refractivity contribution < 1.29 is 0 Å². The number of nitrogens with one attached hydrogen (secondary N) is 1. The van der Waals surface area contributed by atoms with Crippen molar-refractivity contribution in [1.82, 2.24) is 0 Å². The summed E-state index contributed by atoms with van der Waals surface area (Å²) in [6, 6.07) is 14.8. The first-order valence-corrected chi connectivity index (χ1v) is 6.54. The number of rotatable bonds is 5. The van der Waals surface area contributed by atoms with Crippen LogP contribution in [-0.4, -0.2) is 13.1 Å². The lowest BCUT2D eigenvalue weighted by molar-refractivity contribution is 0.365. The van der Waals surface area contributed by atoms with E-state index in [1.807, 2.05) is 0 Å². The fraction of sp³-hybridized carbons (Fsp3) is 0.375. The molecule has 18 heavy (non-hydrogen) atoms. The predicted molar refractivity (Wildman–Crippen MR) is 79.9 cm³/mol. The van der Waals surface area contributed by atoms with Gasteiger partial charge in [-0.1, -0.05) is 50.2 Å². The van der Waals surface area contributed by atoms with E-state index >= 15 is 0 Å². The summed E-state index contributed by atoms with van der Waals surface area (Å²) in [6.45, 7) is 6.18. The summed E-state index contributed by atoms with van der Waals surface area (Å²) in [5.74, 6) is 0. The van der Waals surface area contributed by atoms with Gasteiger partial charge in [-0.05, 0) is 29.8 Å². The van der Waals surface area contributed by atoms with Crippen molar-refractivity contribution in [2.75, 3.05) is 18.4 Å². The van der Waals surface area contributed by atoms with E-state index in [9.17, 15) is 0 Å². The molecule has 0 saturated heterocycles. The van der Waals surface area contributed by atoms with Crippen LogP contribution in [0.3, 0.4) is 0 Å². The summed E-state index contributed by atoms with van der Waals surface area (Å²) >= 11 is 0. The highest BCUT2D eigenvalue weighted by molar-refractivity contribution is 5.93. The van der Waals surface area contributed by atoms with Crippen molar-refractivity contribution in [3.63, 3.8) is 0 Å². The molecule has 0 saturated carbocycles. The first kappa shape index (κ1) is 12.9. The molecule has 2 rings (SSSR count). The molecular weight excluding hydrogens is 220 g/mol. The third-order valence-corrected chi connectivity index (χ3v) is 3.37. The van der Waals surface area contributed by atoms with Crippen molar-refractivity contribution in [1.29, 1.82) is 0 Å². The molecule has 2 aromatic rings. The van der Waals surface area contributed by atoms with Crippen LogP contribution in [-0.2, 0) is 0 Å². The molecular formula is C16H22N2. The number of benzene rings is 2. The molecule has 0 unspecified atom stereocenters. The van der Waals surface area contributed by atoms with Crippen molar-refractivity contribution in [2.24, 2.45) is 11.1 Å². The van der Waals surface area contributed by atoms with Crippen molar-refractivity contribution >= 4 is 16.5 Å². The molecule has 0 spiro atoms. The van der Waals surface area contributed by atoms with Crippen LogP contribution in [0.5, 0.6) is 0 Å². The maximum atomic E-state index is 5.65. The average molecular weight is 242 g/mol. The van der Waals surface area contributed by atoms with Crippen LogP contribution < -0.4 is 11.1 Å². The van der Waals surface area contributed by atoms with Crippen LogP contribution in [0.25, 0.3) is 10.8 Å². The summed E-state index contributed by atoms with van der Waals surface area (Å²) in [5, 5.41) is 6.12. The molecule has 96 valence electrons. The van der Waals surface area contributed by atoms with Gasteiger partial charge in [0.1, 0.15) is 0 Å². The summed E-state index contributed by atoms with van der Waals surface area (Å²) in [6.07, 6.45) is 1.03. The summed E-state index contributed by atoms with van der Waals surface area (Å²) in [4.78, 5) is 0. The third kappa shape index (κ3) is 3.02. The Hall–Kier alpha value is -1.54. The minimum absolute atomic E-state index is 0.228. The first-order valence-electron chi connectivity index (χ1n) is 6.54. The smallest absolute Gasteiger partial charge is 0.0420 e. The van der Waals surface area contributed by atoms with E-state index in [-0.39, 0.29) is 5.41 Å². The van der Waals surface area contributed by atoms with E-state index in [2.05, 4.69) is 61.6 Å². The Bertz CT molecular complexity index is 512. The molecule has 0 heterocycles. The molecule has 2 aromatic carbocycles. The standard InChI is InChI=1S/C16H22N2/c1-16(2,10-11-17)12-18-15-9-5-7-13-6-3-4-8-14(13)15/h3-9,18H,10-12,17H2,1-2H3. The van der Waals surface area contributed by atoms with Gasteiger partial charge in [-0.3, -0.25) is 0 Å². The lowest BCUT2D eigenvalue weighted by Crippen LogP contribution is -2.26. The van der Waals surface area contributed by atoms with Crippen LogP contribution in [0.4, 0.5) is 5.69 Å². The van der Waals surface area contributed by atoms with Crippen LogP contribution in [0, 0.1) is 5.41 Å². The van der Waals surface area contributed by atoms with E-state index in [1.165, 1.54) is 16.5 Å². The van der Waals surface area contributed by atoms with Gasteiger partial charge in [-0.25, -0.2) is 0 Å². The second kappa shape index (κ2) is 5.40. The van der Waals surface area contributed by atoms with E-state index < -0.39 is 0 Å². The molecule has 0 aliphatic heterocycles. The minimum atomic E-state index is 0.228. The highest BCUT2D eigenvalue weighted by atomic mass is 14.9. The number of hydrogen-bond donors (Lipinski definition) is 2. The minimum Gasteiger partial charge on any atom is -0.384 e. The second-order valence-corrected chi connectivity index (χ2v) is 5.58. The zero-order valence-electron chi connectivity index (χ0n) is 11.2. The zero-order chi connectivity index (χ0) is 13.0. The maximum absolute atomic E-state index is 5.65. The van der Waals surface area contributed by atoms with Gasteiger partial charge in [0, 0.05) is 17.6 Å². The molecule has 0 aliphatic rings. The van der Waals surface area contributed by atoms with Gasteiger partial charge in [-0.2, -0.15) is 0 Å². The number of anilines is 1. The number of nitrogens with two attached hydrogens (primary N) is 1. The van der Waals surface area contributed by atoms with E-state index in [4.69, 9.17) is 5.73 Å². The van der Waals surface area contributed by atoms with Gasteiger partial charge >= 0.3 is 0 Å². The molecule has 0 fully saturated rings. The summed E-state index contributed by atoms with van der Waals surface area (Å²) in [5.41, 5.74) is 7.08. The lowest BCUT2D eigenvalue weighted by Gasteiger charge is -2.25. The monoisotopic (exact) mass is 242 g/mol. The normalized spacial score (nSPS) is 11.7. The Morgan fingerprint density at radius 2 is 1.78 bits per heavy atom. The van der Waals surface area contributed by atoms with Crippen LogP contribution >= 0.6 is 0 Å². The average Bonchev–Trinajstić information content (AvgIpc) is 2.36. The molecule has 0 aromatic heterocycles. The summed E-state index contributed by atoms with van der Waals surface area (Å²) in [7, 11) is 0. The van der Waals surface area contributed by atoms with Gasteiger partial charge in [0.05, 0.1) is 0 Å². The molecule has 2 nitrogen and oxygen atoms in total. The van der Waals surface area contributed by atoms with Crippen LogP contribution in [0.15, 0.2) is 42.5 Å². The van der Waals surface area contributed by atoms with E-state index in [1.54, 1.807) is 0 Å². The highest BCUT2D eigenvalue weighted by Gasteiger charge is 2.16. The molecule has 3 N–H and O–H groups in total. The fourth-order valence-electron chi connectivity index (χ4n) is 2.19. The van der Waals surface area contributed by atoms with E-state index in [0.717, 1.165) is 19.5 Å². The Morgan fingerprint density at radius 1 is 1.06 bits per heavy atom. The van der Waals surface area contributed by atoms with Gasteiger partial charge in [0.2, 0.25) is 0 Å². The van der Waals surface area contributed by atoms with Gasteiger partial charge < -0.3 is 11.1 Å². The molecule has 0 radical (unpaired) electrons. The van der Waals surface area contributed by atoms with Crippen LogP contribution in [0.1, 0.15) is 20.3 Å². The van der Waals surface area contributed by atoms with Gasteiger partial charge in [0.15, 0.2) is 0 Å². The molecule has 2 heteroatoms. The lowest BCUT2D eigenvalue weighted by atomic mass is 9.89. The van der Waals surface area contributed by atoms with Crippen molar-refractivity contribution in [2.45, 2.75) is 20.3 Å². The number of fused-ring (bicyclic) bond motifs is 1. The van der Waals surface area contributed by atoms with Crippen molar-refractivity contribution in [3.05, 3.63) is 42.5 Å². The first-order chi connectivity index (χ1) is 8.62. The molecule has 0 aliphatic carbocycles. The number of hydrogen-bond acceptors (Lipinski definition) is 2. The topological polar surface area (TPSA) is 38.0 Å². The Kier molecular flexibility index (Phi) is 3.87.